The van der Waals surface area contributed by atoms with Crippen molar-refractivity contribution >= 4 is 18.0 Å². The number of nitrogens with one attached hydrogen (secondary N) is 1. The fourth-order valence-corrected chi connectivity index (χ4v) is 2.28. The molecule has 0 radical (unpaired) electrons. The van der Waals surface area contributed by atoms with Crippen LogP contribution in [-0.2, 0) is 9.59 Å². The number of hydrogen-bond acceptors (Lipinski definition) is 3. The number of hydrogen-bond donors (Lipinski definition) is 3. The molecule has 1 saturated heterocycles. The number of urea groups is 1. The third-order valence-corrected chi connectivity index (χ3v) is 3.70. The number of carbonyl (C=O) groups excluding carboxylic acids is 1. The first-order chi connectivity index (χ1) is 9.31. The molecule has 1 fully saturated rings. The van der Waals surface area contributed by atoms with Crippen molar-refractivity contribution in [2.75, 3.05) is 13.1 Å². The quantitative estimate of drug-likeness (QED) is 0.675. The molecular formula is C13H22N2O5. The third kappa shape index (κ3) is 4.71. The third-order valence-electron chi connectivity index (χ3n) is 3.70. The van der Waals surface area contributed by atoms with E-state index >= 15 is 0 Å². The zero-order valence-corrected chi connectivity index (χ0v) is 11.8. The summed E-state index contributed by atoms with van der Waals surface area (Å²) >= 11 is 0. The number of rotatable bonds is 6. The van der Waals surface area contributed by atoms with E-state index in [1.165, 1.54) is 0 Å². The first-order valence-corrected chi connectivity index (χ1v) is 6.81. The maximum atomic E-state index is 12.0. The molecule has 114 valence electrons. The predicted molar refractivity (Wildman–Crippen MR) is 71.3 cm³/mol. The molecule has 0 aliphatic carbocycles. The number of carbonyl (C=O) groups is 3. The molecular weight excluding hydrogens is 264 g/mol. The van der Waals surface area contributed by atoms with E-state index in [4.69, 9.17) is 10.2 Å². The van der Waals surface area contributed by atoms with Gasteiger partial charge < -0.3 is 20.4 Å². The molecule has 0 aromatic carbocycles. The molecule has 2 amide bonds. The second kappa shape index (κ2) is 7.12. The van der Waals surface area contributed by atoms with Crippen LogP contribution in [0, 0.1) is 11.8 Å². The SMILES string of the molecule is CC(C)C1CCN(C(=O)N[C@@H](CCC(=O)O)C(=O)O)C1. The van der Waals surface area contributed by atoms with Crippen LogP contribution in [-0.4, -0.2) is 52.2 Å². The highest BCUT2D eigenvalue weighted by Crippen LogP contribution is 2.23. The standard InChI is InChI=1S/C13H22N2O5/c1-8(2)9-5-6-15(7-9)13(20)14-10(12(18)19)3-4-11(16)17/h8-10H,3-7H2,1-2H3,(H,14,20)(H,16,17)(H,18,19)/t9?,10-/m0/s1. The lowest BCUT2D eigenvalue weighted by Crippen LogP contribution is -2.47. The molecule has 1 aliphatic rings. The van der Waals surface area contributed by atoms with Crippen LogP contribution in [0.3, 0.4) is 0 Å². The van der Waals surface area contributed by atoms with E-state index in [-0.39, 0.29) is 12.8 Å². The summed E-state index contributed by atoms with van der Waals surface area (Å²) in [5.41, 5.74) is 0. The molecule has 7 nitrogen and oxygen atoms in total. The Balaban J connectivity index is 2.50. The minimum atomic E-state index is -1.21. The van der Waals surface area contributed by atoms with Gasteiger partial charge in [-0.3, -0.25) is 4.79 Å². The van der Waals surface area contributed by atoms with Crippen molar-refractivity contribution in [3.63, 3.8) is 0 Å². The van der Waals surface area contributed by atoms with E-state index in [2.05, 4.69) is 19.2 Å². The van der Waals surface area contributed by atoms with Crippen LogP contribution in [0.4, 0.5) is 4.79 Å². The van der Waals surface area contributed by atoms with Crippen LogP contribution < -0.4 is 5.32 Å². The van der Waals surface area contributed by atoms with Crippen molar-refractivity contribution in [3.05, 3.63) is 0 Å². The number of aliphatic carboxylic acids is 2. The topological polar surface area (TPSA) is 107 Å². The maximum absolute atomic E-state index is 12.0. The van der Waals surface area contributed by atoms with Crippen LogP contribution in [0.15, 0.2) is 0 Å². The van der Waals surface area contributed by atoms with E-state index in [0.717, 1.165) is 6.42 Å². The molecule has 1 heterocycles. The minimum Gasteiger partial charge on any atom is -0.481 e. The number of carboxylic acids is 2. The number of nitrogens with zero attached hydrogens (tertiary/aromatic N) is 1. The van der Waals surface area contributed by atoms with Crippen LogP contribution in [0.2, 0.25) is 0 Å². The highest BCUT2D eigenvalue weighted by atomic mass is 16.4. The second-order valence-corrected chi connectivity index (χ2v) is 5.51. The average Bonchev–Trinajstić information content (AvgIpc) is 2.83. The zero-order chi connectivity index (χ0) is 15.3. The van der Waals surface area contributed by atoms with E-state index in [1.54, 1.807) is 4.90 Å². The molecule has 0 bridgehead atoms. The van der Waals surface area contributed by atoms with Crippen molar-refractivity contribution < 1.29 is 24.6 Å². The van der Waals surface area contributed by atoms with Gasteiger partial charge in [0.25, 0.3) is 0 Å². The van der Waals surface area contributed by atoms with Gasteiger partial charge in [0.1, 0.15) is 6.04 Å². The molecule has 20 heavy (non-hydrogen) atoms. The van der Waals surface area contributed by atoms with Crippen LogP contribution in [0.25, 0.3) is 0 Å². The van der Waals surface area contributed by atoms with Gasteiger partial charge in [-0.1, -0.05) is 13.8 Å². The molecule has 0 aromatic rings. The predicted octanol–water partition coefficient (Wildman–Crippen LogP) is 0.992. The molecule has 2 atom stereocenters. The lowest BCUT2D eigenvalue weighted by molar-refractivity contribution is -0.140. The summed E-state index contributed by atoms with van der Waals surface area (Å²) in [6.07, 6.45) is 0.516. The first-order valence-electron chi connectivity index (χ1n) is 6.81. The Kier molecular flexibility index (Phi) is 5.79. The average molecular weight is 286 g/mol. The van der Waals surface area contributed by atoms with E-state index in [9.17, 15) is 14.4 Å². The van der Waals surface area contributed by atoms with Crippen molar-refractivity contribution in [3.8, 4) is 0 Å². The number of carboxylic acid groups (broad SMARTS) is 2. The molecule has 1 aliphatic heterocycles. The van der Waals surface area contributed by atoms with Gasteiger partial charge in [0.05, 0.1) is 0 Å². The molecule has 1 rings (SSSR count). The highest BCUT2D eigenvalue weighted by molar-refractivity contribution is 5.83. The largest absolute Gasteiger partial charge is 0.481 e. The second-order valence-electron chi connectivity index (χ2n) is 5.51. The van der Waals surface area contributed by atoms with Gasteiger partial charge >= 0.3 is 18.0 Å². The minimum absolute atomic E-state index is 0.113. The Morgan fingerprint density at radius 1 is 1.30 bits per heavy atom. The highest BCUT2D eigenvalue weighted by Gasteiger charge is 2.30. The normalized spacial score (nSPS) is 19.9. The smallest absolute Gasteiger partial charge is 0.326 e. The fourth-order valence-electron chi connectivity index (χ4n) is 2.28. The van der Waals surface area contributed by atoms with Crippen LogP contribution in [0.5, 0.6) is 0 Å². The van der Waals surface area contributed by atoms with Crippen LogP contribution in [0.1, 0.15) is 33.1 Å². The van der Waals surface area contributed by atoms with E-state index in [0.29, 0.717) is 24.9 Å². The molecule has 0 aromatic heterocycles. The number of likely N-dealkylation sites (tertiary alicyclic amines) is 1. The summed E-state index contributed by atoms with van der Waals surface area (Å²) in [4.78, 5) is 35.1. The lowest BCUT2D eigenvalue weighted by atomic mass is 9.95. The summed E-state index contributed by atoms with van der Waals surface area (Å²) < 4.78 is 0. The van der Waals surface area contributed by atoms with Gasteiger partial charge in [-0.15, -0.1) is 0 Å². The van der Waals surface area contributed by atoms with Gasteiger partial charge in [0.2, 0.25) is 0 Å². The van der Waals surface area contributed by atoms with E-state index in [1.807, 2.05) is 0 Å². The van der Waals surface area contributed by atoms with Gasteiger partial charge in [-0.2, -0.15) is 0 Å². The Morgan fingerprint density at radius 3 is 2.40 bits per heavy atom. The Hall–Kier alpha value is -1.79. The monoisotopic (exact) mass is 286 g/mol. The lowest BCUT2D eigenvalue weighted by Gasteiger charge is -2.21. The maximum Gasteiger partial charge on any atom is 0.326 e. The van der Waals surface area contributed by atoms with Gasteiger partial charge in [-0.25, -0.2) is 9.59 Å². The molecule has 3 N–H and O–H groups in total. The van der Waals surface area contributed by atoms with Crippen molar-refractivity contribution in [1.29, 1.82) is 0 Å². The zero-order valence-electron chi connectivity index (χ0n) is 11.8. The summed E-state index contributed by atoms with van der Waals surface area (Å²) in [6.45, 7) is 5.42. The fraction of sp³-hybridized carbons (Fsp3) is 0.769. The summed E-state index contributed by atoms with van der Waals surface area (Å²) in [6, 6.07) is -1.58. The molecule has 1 unspecified atom stereocenters. The summed E-state index contributed by atoms with van der Waals surface area (Å²) in [7, 11) is 0. The van der Waals surface area contributed by atoms with Gasteiger partial charge in [0.15, 0.2) is 0 Å². The Bertz CT molecular complexity index is 383. The molecule has 0 spiro atoms. The van der Waals surface area contributed by atoms with Crippen molar-refractivity contribution in [2.45, 2.75) is 39.2 Å². The van der Waals surface area contributed by atoms with Crippen molar-refractivity contribution in [2.24, 2.45) is 11.8 Å². The Morgan fingerprint density at radius 2 is 1.95 bits per heavy atom. The van der Waals surface area contributed by atoms with Crippen molar-refractivity contribution in [1.82, 2.24) is 10.2 Å². The molecule has 7 heteroatoms. The number of amides is 2. The Labute approximate surface area is 117 Å². The van der Waals surface area contributed by atoms with Crippen LogP contribution >= 0.6 is 0 Å². The van der Waals surface area contributed by atoms with Gasteiger partial charge in [-0.05, 0) is 24.7 Å². The first kappa shape index (κ1) is 16.3. The van der Waals surface area contributed by atoms with Gasteiger partial charge in [0, 0.05) is 19.5 Å². The summed E-state index contributed by atoms with van der Waals surface area (Å²) in [5, 5.41) is 20.0. The van der Waals surface area contributed by atoms with E-state index < -0.39 is 24.0 Å². The summed E-state index contributed by atoms with van der Waals surface area (Å²) in [5.74, 6) is -1.37. The molecule has 0 saturated carbocycles.